The molecule has 1 amide bonds. The molecule has 0 aliphatic carbocycles. The molecule has 1 unspecified atom stereocenters. The Morgan fingerprint density at radius 1 is 1.56 bits per heavy atom. The molecule has 3 nitrogen and oxygen atoms in total. The van der Waals surface area contributed by atoms with Gasteiger partial charge in [-0.05, 0) is 23.5 Å². The van der Waals surface area contributed by atoms with Crippen molar-refractivity contribution in [1.29, 1.82) is 0 Å². The van der Waals surface area contributed by atoms with Gasteiger partial charge in [0.2, 0.25) is 5.91 Å². The van der Waals surface area contributed by atoms with Gasteiger partial charge in [0.1, 0.15) is 0 Å². The zero-order valence-electron chi connectivity index (χ0n) is 9.94. The lowest BCUT2D eigenvalue weighted by Crippen LogP contribution is -2.26. The third-order valence-electron chi connectivity index (χ3n) is 3.45. The first-order chi connectivity index (χ1) is 7.63. The van der Waals surface area contributed by atoms with Crippen LogP contribution in [0.1, 0.15) is 32.3 Å². The highest BCUT2D eigenvalue weighted by Gasteiger charge is 2.37. The standard InChI is InChI=1S/C13H18N2O/c1-3-13(2)7-12(16)15(10-13)9-11-5-4-6-14-8-11/h4-6,8H,3,7,9-10H2,1-2H3. The zero-order chi connectivity index (χ0) is 11.6. The minimum atomic E-state index is 0.166. The van der Waals surface area contributed by atoms with E-state index in [9.17, 15) is 4.79 Å². The molecule has 1 atom stereocenters. The number of amides is 1. The fourth-order valence-electron chi connectivity index (χ4n) is 2.17. The van der Waals surface area contributed by atoms with Crippen molar-refractivity contribution in [3.8, 4) is 0 Å². The predicted molar refractivity (Wildman–Crippen MR) is 62.7 cm³/mol. The van der Waals surface area contributed by atoms with E-state index in [0.29, 0.717) is 13.0 Å². The van der Waals surface area contributed by atoms with E-state index >= 15 is 0 Å². The van der Waals surface area contributed by atoms with Crippen molar-refractivity contribution in [2.45, 2.75) is 33.2 Å². The highest BCUT2D eigenvalue weighted by atomic mass is 16.2. The van der Waals surface area contributed by atoms with Crippen molar-refractivity contribution in [2.24, 2.45) is 5.41 Å². The number of aromatic nitrogens is 1. The van der Waals surface area contributed by atoms with Gasteiger partial charge in [0.25, 0.3) is 0 Å². The molecule has 0 saturated carbocycles. The van der Waals surface area contributed by atoms with Crippen LogP contribution in [0.15, 0.2) is 24.5 Å². The molecular weight excluding hydrogens is 200 g/mol. The molecule has 1 aliphatic heterocycles. The van der Waals surface area contributed by atoms with Gasteiger partial charge >= 0.3 is 0 Å². The second-order valence-electron chi connectivity index (χ2n) is 4.95. The van der Waals surface area contributed by atoms with Gasteiger partial charge in [0, 0.05) is 31.9 Å². The minimum absolute atomic E-state index is 0.166. The molecule has 1 aromatic rings. The number of hydrogen-bond donors (Lipinski definition) is 0. The first kappa shape index (κ1) is 11.1. The van der Waals surface area contributed by atoms with Crippen molar-refractivity contribution in [2.75, 3.05) is 6.54 Å². The van der Waals surface area contributed by atoms with Crippen molar-refractivity contribution < 1.29 is 4.79 Å². The molecule has 1 saturated heterocycles. The summed E-state index contributed by atoms with van der Waals surface area (Å²) >= 11 is 0. The second-order valence-corrected chi connectivity index (χ2v) is 4.95. The van der Waals surface area contributed by atoms with Crippen molar-refractivity contribution in [3.05, 3.63) is 30.1 Å². The summed E-state index contributed by atoms with van der Waals surface area (Å²) < 4.78 is 0. The van der Waals surface area contributed by atoms with E-state index in [-0.39, 0.29) is 11.3 Å². The topological polar surface area (TPSA) is 33.2 Å². The van der Waals surface area contributed by atoms with E-state index in [4.69, 9.17) is 0 Å². The molecule has 0 radical (unpaired) electrons. The maximum atomic E-state index is 11.9. The number of carbonyl (C=O) groups is 1. The van der Waals surface area contributed by atoms with Gasteiger partial charge in [-0.1, -0.05) is 19.9 Å². The molecule has 3 heteroatoms. The van der Waals surface area contributed by atoms with Gasteiger partial charge in [-0.15, -0.1) is 0 Å². The Morgan fingerprint density at radius 2 is 2.38 bits per heavy atom. The van der Waals surface area contributed by atoms with E-state index in [1.165, 1.54) is 0 Å². The third kappa shape index (κ3) is 2.23. The van der Waals surface area contributed by atoms with E-state index in [1.54, 1.807) is 6.20 Å². The smallest absolute Gasteiger partial charge is 0.223 e. The van der Waals surface area contributed by atoms with Crippen molar-refractivity contribution in [3.63, 3.8) is 0 Å². The summed E-state index contributed by atoms with van der Waals surface area (Å²) in [4.78, 5) is 17.9. The van der Waals surface area contributed by atoms with Crippen molar-refractivity contribution >= 4 is 5.91 Å². The number of likely N-dealkylation sites (tertiary alicyclic amines) is 1. The molecule has 2 heterocycles. The molecule has 0 aromatic carbocycles. The maximum Gasteiger partial charge on any atom is 0.223 e. The van der Waals surface area contributed by atoms with Gasteiger partial charge in [-0.3, -0.25) is 9.78 Å². The van der Waals surface area contributed by atoms with E-state index < -0.39 is 0 Å². The number of rotatable bonds is 3. The first-order valence-corrected chi connectivity index (χ1v) is 5.80. The molecule has 1 aliphatic rings. The monoisotopic (exact) mass is 218 g/mol. The Morgan fingerprint density at radius 3 is 2.94 bits per heavy atom. The minimum Gasteiger partial charge on any atom is -0.338 e. The summed E-state index contributed by atoms with van der Waals surface area (Å²) in [6, 6.07) is 3.93. The fraction of sp³-hybridized carbons (Fsp3) is 0.538. The van der Waals surface area contributed by atoms with E-state index in [1.807, 2.05) is 23.2 Å². The van der Waals surface area contributed by atoms with Gasteiger partial charge in [-0.25, -0.2) is 0 Å². The molecule has 86 valence electrons. The van der Waals surface area contributed by atoms with Crippen LogP contribution in [0.4, 0.5) is 0 Å². The molecule has 0 bridgehead atoms. The van der Waals surface area contributed by atoms with Crippen LogP contribution in [0.25, 0.3) is 0 Å². The lowest BCUT2D eigenvalue weighted by Gasteiger charge is -2.22. The molecule has 1 fully saturated rings. The summed E-state index contributed by atoms with van der Waals surface area (Å²) in [6.45, 7) is 5.91. The molecule has 1 aromatic heterocycles. The van der Waals surface area contributed by atoms with Crippen LogP contribution in [0, 0.1) is 5.41 Å². The Kier molecular flexibility index (Phi) is 2.95. The number of carbonyl (C=O) groups excluding carboxylic acids is 1. The largest absolute Gasteiger partial charge is 0.338 e. The lowest BCUT2D eigenvalue weighted by molar-refractivity contribution is -0.128. The SMILES string of the molecule is CCC1(C)CC(=O)N(Cc2cccnc2)C1. The number of nitrogens with zero attached hydrogens (tertiary/aromatic N) is 2. The van der Waals surface area contributed by atoms with E-state index in [0.717, 1.165) is 18.5 Å². The molecule has 0 spiro atoms. The molecule has 2 rings (SSSR count). The Bertz CT molecular complexity index is 377. The van der Waals surface area contributed by atoms with Gasteiger partial charge in [-0.2, -0.15) is 0 Å². The molecule has 16 heavy (non-hydrogen) atoms. The van der Waals surface area contributed by atoms with Gasteiger partial charge in [0.05, 0.1) is 0 Å². The van der Waals surface area contributed by atoms with Gasteiger partial charge < -0.3 is 4.90 Å². The quantitative estimate of drug-likeness (QED) is 0.779. The normalized spacial score (nSPS) is 25.1. The van der Waals surface area contributed by atoms with Crippen LogP contribution < -0.4 is 0 Å². The van der Waals surface area contributed by atoms with Gasteiger partial charge in [0.15, 0.2) is 0 Å². The summed E-state index contributed by atoms with van der Waals surface area (Å²) in [5.74, 6) is 0.271. The summed E-state index contributed by atoms with van der Waals surface area (Å²) in [7, 11) is 0. The zero-order valence-corrected chi connectivity index (χ0v) is 9.94. The second kappa shape index (κ2) is 4.24. The number of hydrogen-bond acceptors (Lipinski definition) is 2. The van der Waals surface area contributed by atoms with Crippen LogP contribution in [0.3, 0.4) is 0 Å². The average Bonchev–Trinajstić information content (AvgIpc) is 2.57. The summed E-state index contributed by atoms with van der Waals surface area (Å²) in [6.07, 6.45) is 5.33. The first-order valence-electron chi connectivity index (χ1n) is 5.80. The summed E-state index contributed by atoms with van der Waals surface area (Å²) in [5, 5.41) is 0. The Hall–Kier alpha value is -1.38. The van der Waals surface area contributed by atoms with Crippen molar-refractivity contribution in [1.82, 2.24) is 9.88 Å². The van der Waals surface area contributed by atoms with Crippen LogP contribution in [0.5, 0.6) is 0 Å². The van der Waals surface area contributed by atoms with E-state index in [2.05, 4.69) is 18.8 Å². The average molecular weight is 218 g/mol. The number of pyridine rings is 1. The van der Waals surface area contributed by atoms with Crippen LogP contribution in [0.2, 0.25) is 0 Å². The summed E-state index contributed by atoms with van der Waals surface area (Å²) in [5.41, 5.74) is 1.27. The maximum absolute atomic E-state index is 11.9. The third-order valence-corrected chi connectivity index (χ3v) is 3.45. The highest BCUT2D eigenvalue weighted by Crippen LogP contribution is 2.34. The molecular formula is C13H18N2O. The van der Waals surface area contributed by atoms with Crippen LogP contribution in [-0.4, -0.2) is 22.3 Å². The predicted octanol–water partition coefficient (Wildman–Crippen LogP) is 2.23. The van der Waals surface area contributed by atoms with Crippen LogP contribution in [-0.2, 0) is 11.3 Å². The Labute approximate surface area is 96.5 Å². The molecule has 0 N–H and O–H groups in total. The highest BCUT2D eigenvalue weighted by molar-refractivity contribution is 5.79. The fourth-order valence-corrected chi connectivity index (χ4v) is 2.17. The van der Waals surface area contributed by atoms with Crippen LogP contribution >= 0.6 is 0 Å². The lowest BCUT2D eigenvalue weighted by atomic mass is 9.87. The Balaban J connectivity index is 2.05.